The maximum atomic E-state index is 12.3. The SMILES string of the molecule is C[C@H]1[C@@H](NC(=O)[C@@H](C)OC(=O)c2cccc(C#N)c2)CCC[C@@H]1C. The number of carbonyl (C=O) groups is 2. The first kappa shape index (κ1) is 18.0. The second kappa shape index (κ2) is 7.96. The highest BCUT2D eigenvalue weighted by Crippen LogP contribution is 2.29. The molecule has 0 radical (unpaired) electrons. The van der Waals surface area contributed by atoms with Crippen molar-refractivity contribution in [2.24, 2.45) is 11.8 Å². The van der Waals surface area contributed by atoms with Crippen molar-refractivity contribution in [3.8, 4) is 6.07 Å². The lowest BCUT2D eigenvalue weighted by Gasteiger charge is -2.35. The van der Waals surface area contributed by atoms with Crippen LogP contribution in [0.25, 0.3) is 0 Å². The van der Waals surface area contributed by atoms with Gasteiger partial charge in [-0.15, -0.1) is 0 Å². The molecule has 0 aliphatic heterocycles. The van der Waals surface area contributed by atoms with Gasteiger partial charge in [-0.2, -0.15) is 5.26 Å². The normalized spacial score (nSPS) is 24.5. The molecule has 5 nitrogen and oxygen atoms in total. The van der Waals surface area contributed by atoms with Crippen LogP contribution in [-0.2, 0) is 9.53 Å². The molecular formula is C19H24N2O3. The lowest BCUT2D eigenvalue weighted by Crippen LogP contribution is -2.47. The van der Waals surface area contributed by atoms with Crippen molar-refractivity contribution in [2.75, 3.05) is 0 Å². The van der Waals surface area contributed by atoms with Crippen molar-refractivity contribution in [1.29, 1.82) is 5.26 Å². The minimum absolute atomic E-state index is 0.129. The van der Waals surface area contributed by atoms with Gasteiger partial charge >= 0.3 is 5.97 Å². The summed E-state index contributed by atoms with van der Waals surface area (Å²) in [4.78, 5) is 24.4. The van der Waals surface area contributed by atoms with Gasteiger partial charge in [-0.05, 0) is 43.4 Å². The van der Waals surface area contributed by atoms with Crippen molar-refractivity contribution < 1.29 is 14.3 Å². The van der Waals surface area contributed by atoms with E-state index in [1.54, 1.807) is 25.1 Å². The van der Waals surface area contributed by atoms with Gasteiger partial charge < -0.3 is 10.1 Å². The molecule has 0 unspecified atom stereocenters. The average Bonchev–Trinajstić information content (AvgIpc) is 2.58. The molecule has 0 aromatic heterocycles. The van der Waals surface area contributed by atoms with Crippen LogP contribution in [0.4, 0.5) is 0 Å². The first-order chi connectivity index (χ1) is 11.4. The molecule has 24 heavy (non-hydrogen) atoms. The van der Waals surface area contributed by atoms with E-state index in [9.17, 15) is 9.59 Å². The number of amides is 1. The Morgan fingerprint density at radius 1 is 1.33 bits per heavy atom. The molecule has 0 saturated heterocycles. The zero-order chi connectivity index (χ0) is 17.7. The van der Waals surface area contributed by atoms with E-state index >= 15 is 0 Å². The van der Waals surface area contributed by atoms with Gasteiger partial charge in [-0.25, -0.2) is 4.79 Å². The average molecular weight is 328 g/mol. The molecule has 1 aromatic rings. The van der Waals surface area contributed by atoms with Gasteiger partial charge in [0.05, 0.1) is 17.2 Å². The summed E-state index contributed by atoms with van der Waals surface area (Å²) in [5.41, 5.74) is 0.653. The van der Waals surface area contributed by atoms with Crippen LogP contribution in [0.5, 0.6) is 0 Å². The minimum Gasteiger partial charge on any atom is -0.449 e. The third-order valence-corrected chi connectivity index (χ3v) is 4.91. The fourth-order valence-corrected chi connectivity index (χ4v) is 3.08. The summed E-state index contributed by atoms with van der Waals surface area (Å²) < 4.78 is 5.24. The molecule has 0 bridgehead atoms. The van der Waals surface area contributed by atoms with E-state index in [0.717, 1.165) is 12.8 Å². The van der Waals surface area contributed by atoms with E-state index in [-0.39, 0.29) is 17.5 Å². The third kappa shape index (κ3) is 4.35. The molecule has 1 N–H and O–H groups in total. The summed E-state index contributed by atoms with van der Waals surface area (Å²) in [6.07, 6.45) is 2.38. The van der Waals surface area contributed by atoms with Crippen molar-refractivity contribution >= 4 is 11.9 Å². The molecule has 1 aliphatic rings. The first-order valence-electron chi connectivity index (χ1n) is 8.44. The van der Waals surface area contributed by atoms with E-state index in [4.69, 9.17) is 10.00 Å². The summed E-state index contributed by atoms with van der Waals surface area (Å²) >= 11 is 0. The zero-order valence-electron chi connectivity index (χ0n) is 14.4. The van der Waals surface area contributed by atoms with Crippen molar-refractivity contribution in [1.82, 2.24) is 5.32 Å². The number of hydrogen-bond donors (Lipinski definition) is 1. The Hall–Kier alpha value is -2.35. The summed E-state index contributed by atoms with van der Waals surface area (Å²) in [5.74, 6) is 0.124. The predicted octanol–water partition coefficient (Wildman–Crippen LogP) is 3.04. The Balaban J connectivity index is 1.93. The lowest BCUT2D eigenvalue weighted by molar-refractivity contribution is -0.130. The number of rotatable bonds is 4. The predicted molar refractivity (Wildman–Crippen MR) is 90.1 cm³/mol. The molecule has 0 spiro atoms. The van der Waals surface area contributed by atoms with Crippen LogP contribution in [0.2, 0.25) is 0 Å². The molecular weight excluding hydrogens is 304 g/mol. The zero-order valence-corrected chi connectivity index (χ0v) is 14.4. The number of nitrogens with zero attached hydrogens (tertiary/aromatic N) is 1. The standard InChI is InChI=1S/C19H24N2O3/c1-12-6-4-9-17(13(12)2)21-18(22)14(3)24-19(23)16-8-5-7-15(10-16)11-20/h5,7-8,10,12-14,17H,4,6,9H2,1-3H3,(H,21,22)/t12-,13+,14+,17-/m0/s1. The topological polar surface area (TPSA) is 79.2 Å². The smallest absolute Gasteiger partial charge is 0.338 e. The van der Waals surface area contributed by atoms with Gasteiger partial charge in [-0.3, -0.25) is 4.79 Å². The third-order valence-electron chi connectivity index (χ3n) is 4.91. The van der Waals surface area contributed by atoms with E-state index in [1.807, 2.05) is 6.07 Å². The van der Waals surface area contributed by atoms with E-state index in [1.165, 1.54) is 12.5 Å². The Bertz CT molecular complexity index is 650. The quantitative estimate of drug-likeness (QED) is 0.862. The van der Waals surface area contributed by atoms with Gasteiger partial charge in [0.2, 0.25) is 0 Å². The molecule has 1 saturated carbocycles. The number of nitriles is 1. The fraction of sp³-hybridized carbons (Fsp3) is 0.526. The summed E-state index contributed by atoms with van der Waals surface area (Å²) in [5, 5.41) is 11.9. The Morgan fingerprint density at radius 2 is 2.08 bits per heavy atom. The van der Waals surface area contributed by atoms with Crippen molar-refractivity contribution in [2.45, 2.75) is 52.2 Å². The molecule has 1 aliphatic carbocycles. The molecule has 1 amide bonds. The molecule has 128 valence electrons. The van der Waals surface area contributed by atoms with E-state index < -0.39 is 12.1 Å². The highest BCUT2D eigenvalue weighted by Gasteiger charge is 2.30. The van der Waals surface area contributed by atoms with Gasteiger partial charge in [0.25, 0.3) is 5.91 Å². The highest BCUT2D eigenvalue weighted by molar-refractivity contribution is 5.92. The second-order valence-electron chi connectivity index (χ2n) is 6.62. The fourth-order valence-electron chi connectivity index (χ4n) is 3.08. The molecule has 5 heteroatoms. The van der Waals surface area contributed by atoms with Gasteiger partial charge in [0.1, 0.15) is 0 Å². The maximum absolute atomic E-state index is 12.3. The molecule has 4 atom stereocenters. The number of nitrogens with one attached hydrogen (secondary N) is 1. The Labute approximate surface area is 143 Å². The van der Waals surface area contributed by atoms with Crippen molar-refractivity contribution in [3.05, 3.63) is 35.4 Å². The van der Waals surface area contributed by atoms with Gasteiger partial charge in [0.15, 0.2) is 6.10 Å². The minimum atomic E-state index is -0.868. The Morgan fingerprint density at radius 3 is 2.79 bits per heavy atom. The number of esters is 1. The van der Waals surface area contributed by atoms with Crippen LogP contribution in [0.1, 0.15) is 56.0 Å². The molecule has 1 fully saturated rings. The first-order valence-corrected chi connectivity index (χ1v) is 8.44. The van der Waals surface area contributed by atoms with E-state index in [2.05, 4.69) is 19.2 Å². The van der Waals surface area contributed by atoms with Crippen LogP contribution in [0, 0.1) is 23.2 Å². The number of benzene rings is 1. The van der Waals surface area contributed by atoms with Gasteiger partial charge in [-0.1, -0.05) is 32.8 Å². The second-order valence-corrected chi connectivity index (χ2v) is 6.62. The van der Waals surface area contributed by atoms with Crippen LogP contribution in [0.15, 0.2) is 24.3 Å². The number of carbonyl (C=O) groups excluding carboxylic acids is 2. The molecule has 2 rings (SSSR count). The largest absolute Gasteiger partial charge is 0.449 e. The summed E-state index contributed by atoms with van der Waals surface area (Å²) in [7, 11) is 0. The monoisotopic (exact) mass is 328 g/mol. The summed E-state index contributed by atoms with van der Waals surface area (Å²) in [6, 6.07) is 8.35. The summed E-state index contributed by atoms with van der Waals surface area (Å²) in [6.45, 7) is 5.92. The Kier molecular flexibility index (Phi) is 5.97. The number of hydrogen-bond acceptors (Lipinski definition) is 4. The molecule has 0 heterocycles. The van der Waals surface area contributed by atoms with Gasteiger partial charge in [0, 0.05) is 6.04 Å². The maximum Gasteiger partial charge on any atom is 0.338 e. The van der Waals surface area contributed by atoms with E-state index in [0.29, 0.717) is 17.4 Å². The van der Waals surface area contributed by atoms with Crippen LogP contribution < -0.4 is 5.32 Å². The molecule has 1 aromatic carbocycles. The number of ether oxygens (including phenoxy) is 1. The van der Waals surface area contributed by atoms with Crippen LogP contribution in [-0.4, -0.2) is 24.0 Å². The van der Waals surface area contributed by atoms with Crippen molar-refractivity contribution in [3.63, 3.8) is 0 Å². The highest BCUT2D eigenvalue weighted by atomic mass is 16.5. The lowest BCUT2D eigenvalue weighted by atomic mass is 9.78. The van der Waals surface area contributed by atoms with Crippen LogP contribution in [0.3, 0.4) is 0 Å². The van der Waals surface area contributed by atoms with Crippen LogP contribution >= 0.6 is 0 Å².